The molecule has 0 amide bonds. The Kier molecular flexibility index (Phi) is 7.45. The zero-order chi connectivity index (χ0) is 22.4. The van der Waals surface area contributed by atoms with E-state index in [1.54, 1.807) is 17.7 Å². The molecular weight excluding hydrogens is 476 g/mol. The molecule has 0 aromatic heterocycles. The van der Waals surface area contributed by atoms with Crippen molar-refractivity contribution in [2.24, 2.45) is 4.99 Å². The van der Waals surface area contributed by atoms with Crippen LogP contribution < -0.4 is 15.9 Å². The fraction of sp³-hybridized carbons (Fsp3) is 0. The molecule has 0 heterocycles. The fourth-order valence-corrected chi connectivity index (χ4v) is 8.56. The van der Waals surface area contributed by atoms with Crippen molar-refractivity contribution in [1.82, 2.24) is 0 Å². The molecule has 1 nitrogen and oxygen atoms in total. The second-order valence-corrected chi connectivity index (χ2v) is 11.4. The maximum Gasteiger partial charge on any atom is 0.211 e. The Bertz CT molecular complexity index is 1130. The third kappa shape index (κ3) is 4.53. The van der Waals surface area contributed by atoms with Crippen molar-refractivity contribution in [3.63, 3.8) is 0 Å². The Morgan fingerprint density at radius 1 is 0.625 bits per heavy atom. The van der Waals surface area contributed by atoms with Crippen LogP contribution in [0.2, 0.25) is 5.02 Å². The van der Waals surface area contributed by atoms with Gasteiger partial charge in [-0.2, -0.15) is 4.99 Å². The summed E-state index contributed by atoms with van der Waals surface area (Å²) >= 11 is 19.3. The number of hydrogen-bond acceptors (Lipinski definition) is 1. The summed E-state index contributed by atoms with van der Waals surface area (Å²) in [6.45, 7) is 0. The van der Waals surface area contributed by atoms with Gasteiger partial charge >= 0.3 is 0 Å². The molecule has 5 heteroatoms. The van der Waals surface area contributed by atoms with Crippen molar-refractivity contribution < 1.29 is 0 Å². The quantitative estimate of drug-likeness (QED) is 0.196. The van der Waals surface area contributed by atoms with Gasteiger partial charge in [-0.05, 0) is 48.5 Å². The van der Waals surface area contributed by atoms with E-state index in [-0.39, 0.29) is 0 Å². The van der Waals surface area contributed by atoms with Gasteiger partial charge in [0.25, 0.3) is 0 Å². The van der Waals surface area contributed by atoms with Crippen molar-refractivity contribution in [2.75, 3.05) is 0 Å². The Morgan fingerprint density at radius 2 is 1.03 bits per heavy atom. The topological polar surface area (TPSA) is 12.4 Å². The first-order valence-electron chi connectivity index (χ1n) is 10.0. The third-order valence-electron chi connectivity index (χ3n) is 5.17. The van der Waals surface area contributed by atoms with Gasteiger partial charge in [0.1, 0.15) is 21.1 Å². The highest BCUT2D eigenvalue weighted by Crippen LogP contribution is 2.63. The molecule has 0 bridgehead atoms. The van der Waals surface area contributed by atoms with Gasteiger partial charge in [-0.25, -0.2) is 0 Å². The number of hydrogen-bond donors (Lipinski definition) is 0. The Morgan fingerprint density at radius 3 is 1.41 bits per heavy atom. The molecule has 4 aromatic carbocycles. The molecule has 0 spiro atoms. The first kappa shape index (κ1) is 22.8. The Hall–Kier alpha value is -2.41. The van der Waals surface area contributed by atoms with E-state index < -0.39 is 7.26 Å². The summed E-state index contributed by atoms with van der Waals surface area (Å²) in [6.07, 6.45) is 0. The van der Waals surface area contributed by atoms with Crippen molar-refractivity contribution in [1.29, 1.82) is 0 Å². The molecule has 158 valence electrons. The zero-order valence-electron chi connectivity index (χ0n) is 17.1. The van der Waals surface area contributed by atoms with Crippen LogP contribution in [0, 0.1) is 0 Å². The molecule has 0 atom stereocenters. The minimum Gasteiger partial charge on any atom is -0.199 e. The van der Waals surface area contributed by atoms with Crippen molar-refractivity contribution in [3.05, 3.63) is 137 Å². The SMILES string of the molecule is Cl/C=C(\N=C(/Cl)c1ccc(Cl)cc1)[P+](c1ccccc1)(c1ccccc1)c1ccccc1. The normalized spacial score (nSPS) is 12.6. The molecule has 0 aliphatic rings. The second kappa shape index (κ2) is 10.5. The predicted molar refractivity (Wildman–Crippen MR) is 143 cm³/mol. The molecule has 4 rings (SSSR count). The van der Waals surface area contributed by atoms with Crippen molar-refractivity contribution in [3.8, 4) is 0 Å². The van der Waals surface area contributed by atoms with Crippen LogP contribution in [-0.4, -0.2) is 5.17 Å². The lowest BCUT2D eigenvalue weighted by atomic mass is 10.2. The van der Waals surface area contributed by atoms with Crippen LogP contribution in [0.25, 0.3) is 0 Å². The number of nitrogens with zero attached hydrogens (tertiary/aromatic N) is 1. The van der Waals surface area contributed by atoms with E-state index in [9.17, 15) is 0 Å². The van der Waals surface area contributed by atoms with Gasteiger partial charge in [0.15, 0.2) is 7.26 Å². The molecule has 32 heavy (non-hydrogen) atoms. The summed E-state index contributed by atoms with van der Waals surface area (Å²) in [7, 11) is -2.42. The summed E-state index contributed by atoms with van der Waals surface area (Å²) in [5.41, 5.74) is 3.07. The number of aliphatic imine (C=N–C) groups is 1. The maximum absolute atomic E-state index is 6.73. The van der Waals surface area contributed by atoms with E-state index in [2.05, 4.69) is 36.4 Å². The molecule has 0 aliphatic heterocycles. The average molecular weight is 496 g/mol. The summed E-state index contributed by atoms with van der Waals surface area (Å²) in [4.78, 5) is 4.91. The molecule has 4 aromatic rings. The third-order valence-corrected chi connectivity index (χ3v) is 10.2. The molecule has 0 unspecified atom stereocenters. The lowest BCUT2D eigenvalue weighted by Gasteiger charge is -2.27. The van der Waals surface area contributed by atoms with Crippen LogP contribution >= 0.6 is 42.1 Å². The van der Waals surface area contributed by atoms with E-state index >= 15 is 0 Å². The molecule has 0 saturated heterocycles. The monoisotopic (exact) mass is 494 g/mol. The Labute approximate surface area is 204 Å². The van der Waals surface area contributed by atoms with Gasteiger partial charge in [0.05, 0.1) is 5.54 Å². The number of rotatable bonds is 6. The van der Waals surface area contributed by atoms with E-state index in [0.717, 1.165) is 26.9 Å². The van der Waals surface area contributed by atoms with Crippen LogP contribution in [0.3, 0.4) is 0 Å². The fourth-order valence-electron chi connectivity index (χ4n) is 3.72. The standard InChI is InChI=1S/C27H20Cl3NP/c28-20-26(31-27(30)21-16-18-22(29)19-17-21)32(23-10-4-1-5-11-23,24-12-6-2-7-13-24)25-14-8-3-9-15-25/h1-20H/q+1/b26-20+,31-27-. The minimum absolute atomic E-state index is 0.362. The molecule has 0 radical (unpaired) electrons. The van der Waals surface area contributed by atoms with E-state index in [1.165, 1.54) is 0 Å². The maximum atomic E-state index is 6.73. The lowest BCUT2D eigenvalue weighted by Crippen LogP contribution is -2.32. The van der Waals surface area contributed by atoms with Crippen LogP contribution in [0.15, 0.2) is 131 Å². The lowest BCUT2D eigenvalue weighted by molar-refractivity contribution is 1.50. The zero-order valence-corrected chi connectivity index (χ0v) is 20.2. The van der Waals surface area contributed by atoms with Gasteiger partial charge in [0, 0.05) is 10.6 Å². The van der Waals surface area contributed by atoms with Gasteiger partial charge in [-0.15, -0.1) is 0 Å². The van der Waals surface area contributed by atoms with Gasteiger partial charge in [-0.1, -0.05) is 102 Å². The van der Waals surface area contributed by atoms with Crippen LogP contribution in [0.1, 0.15) is 5.56 Å². The van der Waals surface area contributed by atoms with Crippen LogP contribution in [-0.2, 0) is 0 Å². The first-order valence-corrected chi connectivity index (χ1v) is 13.0. The van der Waals surface area contributed by atoms with Gasteiger partial charge in [0.2, 0.25) is 5.44 Å². The summed E-state index contributed by atoms with van der Waals surface area (Å²) in [5.74, 6) is 0. The molecule has 0 N–H and O–H groups in total. The highest BCUT2D eigenvalue weighted by Gasteiger charge is 2.50. The van der Waals surface area contributed by atoms with E-state index in [1.807, 2.05) is 66.7 Å². The average Bonchev–Trinajstić information content (AvgIpc) is 2.86. The van der Waals surface area contributed by atoms with Crippen LogP contribution in [0.4, 0.5) is 0 Å². The highest BCUT2D eigenvalue weighted by atomic mass is 35.5. The van der Waals surface area contributed by atoms with E-state index in [4.69, 9.17) is 39.8 Å². The largest absolute Gasteiger partial charge is 0.211 e. The second-order valence-electron chi connectivity index (χ2n) is 7.05. The number of halogens is 3. The molecule has 0 fully saturated rings. The summed E-state index contributed by atoms with van der Waals surface area (Å²) in [5, 5.41) is 4.45. The van der Waals surface area contributed by atoms with E-state index in [0.29, 0.717) is 10.2 Å². The van der Waals surface area contributed by atoms with Gasteiger partial charge < -0.3 is 0 Å². The smallest absolute Gasteiger partial charge is 0.199 e. The van der Waals surface area contributed by atoms with Crippen molar-refractivity contribution >= 4 is 63.1 Å². The summed E-state index contributed by atoms with van der Waals surface area (Å²) in [6, 6.07) is 38.5. The van der Waals surface area contributed by atoms with Crippen molar-refractivity contribution in [2.45, 2.75) is 0 Å². The molecular formula is C27H20Cl3NP+. The molecule has 0 saturated carbocycles. The Balaban J connectivity index is 2.02. The minimum atomic E-state index is -2.42. The van der Waals surface area contributed by atoms with Crippen LogP contribution in [0.5, 0.6) is 0 Å². The predicted octanol–water partition coefficient (Wildman–Crippen LogP) is 7.36. The molecule has 0 aliphatic carbocycles. The highest BCUT2D eigenvalue weighted by molar-refractivity contribution is 7.99. The summed E-state index contributed by atoms with van der Waals surface area (Å²) < 4.78 is 0. The van der Waals surface area contributed by atoms with Gasteiger partial charge in [-0.3, -0.25) is 0 Å². The number of benzene rings is 4. The first-order chi connectivity index (χ1) is 15.7.